The molecule has 0 aromatic rings. The van der Waals surface area contributed by atoms with Crippen LogP contribution >= 0.6 is 0 Å². The van der Waals surface area contributed by atoms with E-state index in [2.05, 4.69) is 5.32 Å². The molecule has 164 valence electrons. The van der Waals surface area contributed by atoms with Crippen molar-refractivity contribution < 1.29 is 34.2 Å². The molecule has 0 aromatic carbocycles. The number of aliphatic carboxylic acids is 1. The van der Waals surface area contributed by atoms with Crippen molar-refractivity contribution in [3.05, 3.63) is 0 Å². The molecule has 4 amide bonds. The third-order valence-corrected chi connectivity index (χ3v) is 4.88. The highest BCUT2D eigenvalue weighted by molar-refractivity contribution is 5.78. The predicted molar refractivity (Wildman–Crippen MR) is 101 cm³/mol. The van der Waals surface area contributed by atoms with Gasteiger partial charge in [0.2, 0.25) is 18.7 Å². The molecule has 1 fully saturated rings. The van der Waals surface area contributed by atoms with Gasteiger partial charge in [0.25, 0.3) is 0 Å². The zero-order valence-corrected chi connectivity index (χ0v) is 16.5. The molecule has 1 saturated heterocycles. The summed E-state index contributed by atoms with van der Waals surface area (Å²) in [7, 11) is 1.46. The van der Waals surface area contributed by atoms with Crippen LogP contribution < -0.4 is 5.32 Å². The van der Waals surface area contributed by atoms with Crippen LogP contribution in [-0.2, 0) is 19.2 Å². The number of carboxylic acid groups (broad SMARTS) is 2. The maximum atomic E-state index is 11.8. The molecule has 1 rings (SSSR count). The van der Waals surface area contributed by atoms with E-state index in [-0.39, 0.29) is 71.1 Å². The van der Waals surface area contributed by atoms with Gasteiger partial charge in [-0.2, -0.15) is 0 Å². The Kier molecular flexibility index (Phi) is 10.4. The van der Waals surface area contributed by atoms with Gasteiger partial charge >= 0.3 is 12.1 Å². The van der Waals surface area contributed by atoms with E-state index in [0.29, 0.717) is 12.8 Å². The van der Waals surface area contributed by atoms with Gasteiger partial charge < -0.3 is 30.2 Å². The normalized spacial score (nSPS) is 18.2. The Balaban J connectivity index is 2.99. The van der Waals surface area contributed by atoms with Crippen LogP contribution in [0.25, 0.3) is 0 Å². The second-order valence-electron chi connectivity index (χ2n) is 6.65. The zero-order valence-electron chi connectivity index (χ0n) is 16.5. The van der Waals surface area contributed by atoms with E-state index in [1.54, 1.807) is 4.90 Å². The lowest BCUT2D eigenvalue weighted by molar-refractivity contribution is -0.144. The molecule has 1 aliphatic rings. The van der Waals surface area contributed by atoms with Crippen molar-refractivity contribution >= 4 is 30.8 Å². The number of hydrogen-bond acceptors (Lipinski definition) is 6. The van der Waals surface area contributed by atoms with Gasteiger partial charge in [0.1, 0.15) is 6.04 Å². The van der Waals surface area contributed by atoms with Crippen molar-refractivity contribution in [2.75, 3.05) is 59.4 Å². The third kappa shape index (κ3) is 8.34. The Hall–Kier alpha value is -2.89. The third-order valence-electron chi connectivity index (χ3n) is 4.88. The second-order valence-corrected chi connectivity index (χ2v) is 6.65. The number of rotatable bonds is 7. The van der Waals surface area contributed by atoms with Gasteiger partial charge in [-0.15, -0.1) is 0 Å². The van der Waals surface area contributed by atoms with E-state index in [4.69, 9.17) is 0 Å². The van der Waals surface area contributed by atoms with E-state index in [0.717, 1.165) is 4.90 Å². The van der Waals surface area contributed by atoms with Crippen molar-refractivity contribution in [3.8, 4) is 0 Å². The minimum atomic E-state index is -1.17. The van der Waals surface area contributed by atoms with Crippen molar-refractivity contribution in [2.24, 2.45) is 0 Å². The molecule has 0 spiro atoms. The lowest BCUT2D eigenvalue weighted by Gasteiger charge is -2.34. The maximum absolute atomic E-state index is 11.8. The molecule has 12 heteroatoms. The number of nitrogens with zero attached hydrogens (tertiary/aromatic N) is 4. The first-order valence-electron chi connectivity index (χ1n) is 9.36. The monoisotopic (exact) mass is 415 g/mol. The average molecular weight is 415 g/mol. The van der Waals surface area contributed by atoms with Crippen molar-refractivity contribution in [3.63, 3.8) is 0 Å². The van der Waals surface area contributed by atoms with Crippen LogP contribution in [0.5, 0.6) is 0 Å². The Labute approximate surface area is 169 Å². The lowest BCUT2D eigenvalue weighted by atomic mass is 10.1. The maximum Gasteiger partial charge on any atom is 0.407 e. The van der Waals surface area contributed by atoms with Crippen LogP contribution in [0.2, 0.25) is 0 Å². The number of nitrogens with one attached hydrogen (secondary N) is 1. The lowest BCUT2D eigenvalue weighted by Crippen LogP contribution is -2.51. The molecule has 1 atom stereocenters. The molecule has 12 nitrogen and oxygen atoms in total. The summed E-state index contributed by atoms with van der Waals surface area (Å²) in [6.45, 7) is 1.29. The topological polar surface area (TPSA) is 151 Å². The highest BCUT2D eigenvalue weighted by Crippen LogP contribution is 2.10. The molecule has 0 bridgehead atoms. The second kappa shape index (κ2) is 12.5. The summed E-state index contributed by atoms with van der Waals surface area (Å²) in [5, 5.41) is 21.5. The summed E-state index contributed by atoms with van der Waals surface area (Å²) in [4.78, 5) is 62.9. The minimum Gasteiger partial charge on any atom is -0.480 e. The Morgan fingerprint density at radius 2 is 1.38 bits per heavy atom. The quantitative estimate of drug-likeness (QED) is 0.411. The van der Waals surface area contributed by atoms with Crippen LogP contribution in [0.4, 0.5) is 4.79 Å². The fourth-order valence-electron chi connectivity index (χ4n) is 3.03. The molecular formula is C17H29N5O7. The number of carbonyl (C=O) groups excluding carboxylic acids is 3. The van der Waals surface area contributed by atoms with E-state index in [1.165, 1.54) is 16.8 Å². The van der Waals surface area contributed by atoms with E-state index in [9.17, 15) is 34.2 Å². The fourth-order valence-corrected chi connectivity index (χ4v) is 3.03. The van der Waals surface area contributed by atoms with Crippen molar-refractivity contribution in [1.82, 2.24) is 24.9 Å². The Morgan fingerprint density at radius 3 is 1.86 bits per heavy atom. The first-order chi connectivity index (χ1) is 13.8. The molecule has 3 N–H and O–H groups in total. The van der Waals surface area contributed by atoms with Crippen molar-refractivity contribution in [1.29, 1.82) is 0 Å². The SMILES string of the molecule is CNC(=O)CCC(C(=O)O)N1CCN(C=O)CCN(C=O)CCN(C(=O)O)CC1. The van der Waals surface area contributed by atoms with E-state index < -0.39 is 18.1 Å². The van der Waals surface area contributed by atoms with Crippen LogP contribution in [0, 0.1) is 0 Å². The van der Waals surface area contributed by atoms with E-state index in [1.807, 2.05) is 0 Å². The smallest absolute Gasteiger partial charge is 0.407 e. The highest BCUT2D eigenvalue weighted by Gasteiger charge is 2.28. The number of amides is 4. The minimum absolute atomic E-state index is 0.0122. The fraction of sp³-hybridized carbons (Fsp3) is 0.706. The van der Waals surface area contributed by atoms with Gasteiger partial charge in [-0.3, -0.25) is 24.1 Å². The van der Waals surface area contributed by atoms with Gasteiger partial charge in [0.05, 0.1) is 0 Å². The van der Waals surface area contributed by atoms with Gasteiger partial charge in [0, 0.05) is 65.8 Å². The molecule has 0 aliphatic carbocycles. The summed E-state index contributed by atoms with van der Waals surface area (Å²) in [5.41, 5.74) is 0. The summed E-state index contributed by atoms with van der Waals surface area (Å²) in [5.74, 6) is -1.41. The summed E-state index contributed by atoms with van der Waals surface area (Å²) in [6.07, 6.45) is 0.150. The van der Waals surface area contributed by atoms with Crippen LogP contribution in [0.15, 0.2) is 0 Å². The van der Waals surface area contributed by atoms with Gasteiger partial charge in [-0.1, -0.05) is 0 Å². The van der Waals surface area contributed by atoms with E-state index >= 15 is 0 Å². The molecule has 1 heterocycles. The highest BCUT2D eigenvalue weighted by atomic mass is 16.4. The predicted octanol–water partition coefficient (Wildman–Crippen LogP) is -1.82. The zero-order chi connectivity index (χ0) is 21.8. The van der Waals surface area contributed by atoms with Gasteiger partial charge in [-0.05, 0) is 6.42 Å². The Morgan fingerprint density at radius 1 is 0.897 bits per heavy atom. The van der Waals surface area contributed by atoms with Crippen LogP contribution in [0.3, 0.4) is 0 Å². The Bertz CT molecular complexity index is 589. The van der Waals surface area contributed by atoms with Crippen LogP contribution in [0.1, 0.15) is 12.8 Å². The summed E-state index contributed by atoms with van der Waals surface area (Å²) >= 11 is 0. The van der Waals surface area contributed by atoms with Gasteiger partial charge in [-0.25, -0.2) is 4.79 Å². The largest absolute Gasteiger partial charge is 0.480 e. The van der Waals surface area contributed by atoms with Crippen LogP contribution in [-0.4, -0.2) is 126 Å². The number of carbonyl (C=O) groups is 5. The average Bonchev–Trinajstić information content (AvgIpc) is 2.69. The molecule has 0 aromatic heterocycles. The molecule has 29 heavy (non-hydrogen) atoms. The van der Waals surface area contributed by atoms with Gasteiger partial charge in [0.15, 0.2) is 0 Å². The summed E-state index contributed by atoms with van der Waals surface area (Å²) in [6, 6.07) is -0.995. The number of carboxylic acids is 1. The molecule has 0 radical (unpaired) electrons. The number of hydrogen-bond donors (Lipinski definition) is 3. The standard InChI is InChI=1S/C17H29N5O7/c1-18-15(25)3-2-14(16(26)27)21-8-6-19(12-23)4-5-20(13-24)7-9-22(11-10-21)17(28)29/h12-14H,2-11H2,1H3,(H,18,25)(H,26,27)(H,28,29). The summed E-state index contributed by atoms with van der Waals surface area (Å²) < 4.78 is 0. The first-order valence-corrected chi connectivity index (χ1v) is 9.36. The molecule has 1 aliphatic heterocycles. The molecule has 0 saturated carbocycles. The molecular weight excluding hydrogens is 386 g/mol. The first kappa shape index (κ1) is 24.1. The molecule has 1 unspecified atom stereocenters. The van der Waals surface area contributed by atoms with Crippen molar-refractivity contribution in [2.45, 2.75) is 18.9 Å².